The summed E-state index contributed by atoms with van der Waals surface area (Å²) in [6.45, 7) is 0. The van der Waals surface area contributed by atoms with Gasteiger partial charge < -0.3 is 10.4 Å². The summed E-state index contributed by atoms with van der Waals surface area (Å²) in [5.74, 6) is 1.05. The van der Waals surface area contributed by atoms with Crippen molar-refractivity contribution < 1.29 is 9.90 Å². The number of hydrogen-bond acceptors (Lipinski definition) is 3. The van der Waals surface area contributed by atoms with Crippen molar-refractivity contribution in [1.29, 1.82) is 0 Å². The Hall–Kier alpha value is -1.65. The number of carbonyl (C=O) groups is 1. The van der Waals surface area contributed by atoms with Crippen LogP contribution in [0.2, 0.25) is 5.02 Å². The second-order valence-electron chi connectivity index (χ2n) is 4.18. The van der Waals surface area contributed by atoms with Gasteiger partial charge in [-0.3, -0.25) is 4.79 Å². The van der Waals surface area contributed by atoms with Gasteiger partial charge in [0.15, 0.2) is 0 Å². The normalized spacial score (nSPS) is 10.2. The quantitative estimate of drug-likeness (QED) is 0.880. The van der Waals surface area contributed by atoms with Gasteiger partial charge in [-0.1, -0.05) is 35.9 Å². The Morgan fingerprint density at radius 2 is 2.00 bits per heavy atom. The molecule has 2 N–H and O–H groups in total. The van der Waals surface area contributed by atoms with Crippen LogP contribution in [0, 0.1) is 0 Å². The van der Waals surface area contributed by atoms with E-state index in [0.717, 1.165) is 5.56 Å². The Morgan fingerprint density at radius 1 is 1.20 bits per heavy atom. The van der Waals surface area contributed by atoms with Crippen LogP contribution in [0.1, 0.15) is 5.56 Å². The number of phenolic OH excluding ortho intramolecular Hbond substituents is 1. The molecule has 0 spiro atoms. The van der Waals surface area contributed by atoms with Crippen molar-refractivity contribution in [3.63, 3.8) is 0 Å². The highest BCUT2D eigenvalue weighted by Crippen LogP contribution is 2.21. The number of anilines is 1. The van der Waals surface area contributed by atoms with E-state index in [9.17, 15) is 9.90 Å². The lowest BCUT2D eigenvalue weighted by atomic mass is 10.2. The number of rotatable bonds is 5. The summed E-state index contributed by atoms with van der Waals surface area (Å²) in [7, 11) is 0. The van der Waals surface area contributed by atoms with Crippen molar-refractivity contribution >= 4 is 35.0 Å². The molecule has 0 aliphatic rings. The van der Waals surface area contributed by atoms with Crippen LogP contribution < -0.4 is 5.32 Å². The second kappa shape index (κ2) is 7.22. The molecule has 0 atom stereocenters. The molecule has 2 aromatic carbocycles. The minimum Gasteiger partial charge on any atom is -0.508 e. The first-order chi connectivity index (χ1) is 9.65. The smallest absolute Gasteiger partial charge is 0.234 e. The molecule has 5 heteroatoms. The topological polar surface area (TPSA) is 49.3 Å². The maximum atomic E-state index is 11.8. The summed E-state index contributed by atoms with van der Waals surface area (Å²) < 4.78 is 0. The third-order valence-electron chi connectivity index (χ3n) is 2.58. The van der Waals surface area contributed by atoms with Crippen molar-refractivity contribution in [2.75, 3.05) is 11.1 Å². The third kappa shape index (κ3) is 4.47. The van der Waals surface area contributed by atoms with Crippen molar-refractivity contribution in [2.45, 2.75) is 5.75 Å². The number of thioether (sulfide) groups is 1. The molecule has 2 rings (SSSR count). The standard InChI is InChI=1S/C15H14ClNO2S/c16-14-7-2-1-4-11(14)9-20-10-15(19)17-12-5-3-6-13(18)8-12/h1-8,18H,9-10H2,(H,17,19). The number of phenols is 1. The van der Waals surface area contributed by atoms with Crippen LogP contribution in [0.25, 0.3) is 0 Å². The summed E-state index contributed by atoms with van der Waals surface area (Å²) >= 11 is 7.54. The van der Waals surface area contributed by atoms with Gasteiger partial charge in [0.2, 0.25) is 5.91 Å². The maximum absolute atomic E-state index is 11.8. The van der Waals surface area contributed by atoms with Crippen LogP contribution in [0.5, 0.6) is 5.75 Å². The highest BCUT2D eigenvalue weighted by atomic mass is 35.5. The zero-order valence-electron chi connectivity index (χ0n) is 10.7. The van der Waals surface area contributed by atoms with Crippen LogP contribution in [-0.4, -0.2) is 16.8 Å². The van der Waals surface area contributed by atoms with Gasteiger partial charge in [-0.2, -0.15) is 0 Å². The number of halogens is 1. The first kappa shape index (κ1) is 14.8. The van der Waals surface area contributed by atoms with Crippen LogP contribution in [0.15, 0.2) is 48.5 Å². The monoisotopic (exact) mass is 307 g/mol. The summed E-state index contributed by atoms with van der Waals surface area (Å²) in [6.07, 6.45) is 0. The predicted octanol–water partition coefficient (Wildman–Crippen LogP) is 3.92. The molecule has 0 aromatic heterocycles. The largest absolute Gasteiger partial charge is 0.508 e. The van der Waals surface area contributed by atoms with E-state index in [1.165, 1.54) is 17.8 Å². The number of nitrogens with one attached hydrogen (secondary N) is 1. The van der Waals surface area contributed by atoms with Crippen LogP contribution >= 0.6 is 23.4 Å². The lowest BCUT2D eigenvalue weighted by Gasteiger charge is -2.06. The Morgan fingerprint density at radius 3 is 2.75 bits per heavy atom. The maximum Gasteiger partial charge on any atom is 0.234 e. The number of aromatic hydroxyl groups is 1. The molecule has 0 radical (unpaired) electrons. The molecule has 0 heterocycles. The predicted molar refractivity (Wildman–Crippen MR) is 84.4 cm³/mol. The molecule has 0 saturated carbocycles. The van der Waals surface area contributed by atoms with Gasteiger partial charge in [-0.15, -0.1) is 11.8 Å². The highest BCUT2D eigenvalue weighted by molar-refractivity contribution is 7.99. The Bertz CT molecular complexity index is 604. The molecule has 0 aliphatic heterocycles. The SMILES string of the molecule is O=C(CSCc1ccccc1Cl)Nc1cccc(O)c1. The van der Waals surface area contributed by atoms with E-state index >= 15 is 0 Å². The van der Waals surface area contributed by atoms with Crippen LogP contribution in [0.3, 0.4) is 0 Å². The lowest BCUT2D eigenvalue weighted by Crippen LogP contribution is -2.14. The van der Waals surface area contributed by atoms with Crippen LogP contribution in [-0.2, 0) is 10.5 Å². The number of amides is 1. The van der Waals surface area contributed by atoms with E-state index in [1.54, 1.807) is 18.2 Å². The Labute approximate surface area is 127 Å². The first-order valence-electron chi connectivity index (χ1n) is 6.05. The average Bonchev–Trinajstić information content (AvgIpc) is 2.41. The average molecular weight is 308 g/mol. The van der Waals surface area contributed by atoms with E-state index in [-0.39, 0.29) is 11.7 Å². The van der Waals surface area contributed by atoms with Gasteiger partial charge in [0, 0.05) is 22.5 Å². The molecule has 20 heavy (non-hydrogen) atoms. The summed E-state index contributed by atoms with van der Waals surface area (Å²) in [5, 5.41) is 12.8. The Kier molecular flexibility index (Phi) is 5.32. The number of carbonyl (C=O) groups excluding carboxylic acids is 1. The zero-order valence-corrected chi connectivity index (χ0v) is 12.2. The molecule has 0 unspecified atom stereocenters. The van der Waals surface area contributed by atoms with Gasteiger partial charge in [0.05, 0.1) is 5.75 Å². The van der Waals surface area contributed by atoms with Crippen molar-refractivity contribution in [3.05, 3.63) is 59.1 Å². The van der Waals surface area contributed by atoms with Crippen molar-refractivity contribution in [2.24, 2.45) is 0 Å². The number of benzene rings is 2. The minimum absolute atomic E-state index is 0.104. The minimum atomic E-state index is -0.104. The van der Waals surface area contributed by atoms with Gasteiger partial charge in [0.25, 0.3) is 0 Å². The molecular weight excluding hydrogens is 294 g/mol. The molecule has 104 valence electrons. The fraction of sp³-hybridized carbons (Fsp3) is 0.133. The van der Waals surface area contributed by atoms with Crippen molar-refractivity contribution in [3.8, 4) is 5.75 Å². The molecule has 0 aliphatic carbocycles. The van der Waals surface area contributed by atoms with Crippen molar-refractivity contribution in [1.82, 2.24) is 0 Å². The van der Waals surface area contributed by atoms with E-state index in [1.807, 2.05) is 24.3 Å². The second-order valence-corrected chi connectivity index (χ2v) is 5.58. The first-order valence-corrected chi connectivity index (χ1v) is 7.58. The molecule has 0 bridgehead atoms. The molecule has 1 amide bonds. The van der Waals surface area contributed by atoms with Gasteiger partial charge in [-0.05, 0) is 23.8 Å². The third-order valence-corrected chi connectivity index (χ3v) is 3.93. The fourth-order valence-electron chi connectivity index (χ4n) is 1.65. The van der Waals surface area contributed by atoms with Crippen LogP contribution in [0.4, 0.5) is 5.69 Å². The summed E-state index contributed by atoms with van der Waals surface area (Å²) in [6, 6.07) is 14.1. The summed E-state index contributed by atoms with van der Waals surface area (Å²) in [5.41, 5.74) is 1.61. The van der Waals surface area contributed by atoms with E-state index in [0.29, 0.717) is 22.2 Å². The van der Waals surface area contributed by atoms with E-state index in [2.05, 4.69) is 5.32 Å². The number of hydrogen-bond donors (Lipinski definition) is 2. The molecule has 0 saturated heterocycles. The molecule has 3 nitrogen and oxygen atoms in total. The van der Waals surface area contributed by atoms with Gasteiger partial charge >= 0.3 is 0 Å². The lowest BCUT2D eigenvalue weighted by molar-refractivity contribution is -0.113. The fourth-order valence-corrected chi connectivity index (χ4v) is 2.76. The summed E-state index contributed by atoms with van der Waals surface area (Å²) in [4.78, 5) is 11.8. The molecule has 2 aromatic rings. The zero-order chi connectivity index (χ0) is 14.4. The van der Waals surface area contributed by atoms with Gasteiger partial charge in [-0.25, -0.2) is 0 Å². The van der Waals surface area contributed by atoms with E-state index < -0.39 is 0 Å². The molecule has 0 fully saturated rings. The van der Waals surface area contributed by atoms with Gasteiger partial charge in [0.1, 0.15) is 5.75 Å². The highest BCUT2D eigenvalue weighted by Gasteiger charge is 2.05. The van der Waals surface area contributed by atoms with E-state index in [4.69, 9.17) is 11.6 Å². The molecular formula is C15H14ClNO2S. The Balaban J connectivity index is 1.80.